The third-order valence-electron chi connectivity index (χ3n) is 3.99. The highest BCUT2D eigenvalue weighted by Crippen LogP contribution is 2.32. The average Bonchev–Trinajstić information content (AvgIpc) is 2.63. The van der Waals surface area contributed by atoms with Gasteiger partial charge in [-0.1, -0.05) is 38.0 Å². The second kappa shape index (κ2) is 8.82. The van der Waals surface area contributed by atoms with Gasteiger partial charge in [0.2, 0.25) is 10.0 Å². The van der Waals surface area contributed by atoms with Crippen LogP contribution in [-0.2, 0) is 16.4 Å². The second-order valence-corrected chi connectivity index (χ2v) is 7.72. The molecule has 2 rings (SSSR count). The number of carboxylic acids is 1. The average molecular weight is 377 g/mol. The van der Waals surface area contributed by atoms with Crippen LogP contribution in [0.5, 0.6) is 11.5 Å². The van der Waals surface area contributed by atoms with Gasteiger partial charge in [0.1, 0.15) is 11.5 Å². The van der Waals surface area contributed by atoms with Crippen LogP contribution in [0.4, 0.5) is 0 Å². The standard InChI is InChI=1S/C19H23NO5S/c1-3-4-6-11-16-17(19(21)22)12-15(26(23,24)20-2)13-18(16)25-14-9-7-5-8-10-14/h5,7-10,12-13,20H,3-4,6,11H2,1-2H3,(H,21,22). The van der Waals surface area contributed by atoms with Gasteiger partial charge in [-0.15, -0.1) is 0 Å². The van der Waals surface area contributed by atoms with Gasteiger partial charge < -0.3 is 9.84 Å². The minimum absolute atomic E-state index is 0.0524. The van der Waals surface area contributed by atoms with Gasteiger partial charge in [-0.25, -0.2) is 17.9 Å². The van der Waals surface area contributed by atoms with E-state index in [1.165, 1.54) is 19.2 Å². The van der Waals surface area contributed by atoms with Gasteiger partial charge in [0.25, 0.3) is 0 Å². The summed E-state index contributed by atoms with van der Waals surface area (Å²) in [6, 6.07) is 11.4. The van der Waals surface area contributed by atoms with E-state index in [9.17, 15) is 18.3 Å². The Morgan fingerprint density at radius 1 is 1.15 bits per heavy atom. The fourth-order valence-electron chi connectivity index (χ4n) is 2.60. The first-order valence-corrected chi connectivity index (χ1v) is 9.94. The molecule has 0 atom stereocenters. The van der Waals surface area contributed by atoms with Crippen molar-refractivity contribution in [3.05, 3.63) is 53.6 Å². The van der Waals surface area contributed by atoms with Crippen LogP contribution >= 0.6 is 0 Å². The predicted molar refractivity (Wildman–Crippen MR) is 99.4 cm³/mol. The molecule has 0 heterocycles. The molecule has 2 N–H and O–H groups in total. The summed E-state index contributed by atoms with van der Waals surface area (Å²) in [5.41, 5.74) is 0.452. The molecule has 0 spiro atoms. The summed E-state index contributed by atoms with van der Waals surface area (Å²) in [5.74, 6) is -0.414. The normalized spacial score (nSPS) is 11.3. The quantitative estimate of drug-likeness (QED) is 0.648. The number of hydrogen-bond donors (Lipinski definition) is 2. The van der Waals surface area contributed by atoms with Gasteiger partial charge in [0.05, 0.1) is 10.5 Å². The molecular formula is C19H23NO5S. The van der Waals surface area contributed by atoms with E-state index in [4.69, 9.17) is 4.74 Å². The molecule has 0 unspecified atom stereocenters. The lowest BCUT2D eigenvalue weighted by Crippen LogP contribution is -2.19. The Morgan fingerprint density at radius 2 is 1.85 bits per heavy atom. The van der Waals surface area contributed by atoms with Crippen LogP contribution < -0.4 is 9.46 Å². The van der Waals surface area contributed by atoms with E-state index < -0.39 is 16.0 Å². The molecule has 2 aromatic rings. The number of carbonyl (C=O) groups is 1. The van der Waals surface area contributed by atoms with Crippen molar-refractivity contribution in [3.8, 4) is 11.5 Å². The lowest BCUT2D eigenvalue weighted by Gasteiger charge is -2.16. The van der Waals surface area contributed by atoms with E-state index in [1.807, 2.05) is 6.07 Å². The summed E-state index contributed by atoms with van der Waals surface area (Å²) in [7, 11) is -2.52. The molecule has 0 bridgehead atoms. The van der Waals surface area contributed by atoms with Crippen LogP contribution in [0.3, 0.4) is 0 Å². The Kier molecular flexibility index (Phi) is 6.76. The summed E-state index contributed by atoms with van der Waals surface area (Å²) in [5, 5.41) is 9.60. The summed E-state index contributed by atoms with van der Waals surface area (Å²) < 4.78 is 32.5. The highest BCUT2D eigenvalue weighted by molar-refractivity contribution is 7.89. The van der Waals surface area contributed by atoms with E-state index >= 15 is 0 Å². The van der Waals surface area contributed by atoms with Gasteiger partial charge in [0, 0.05) is 11.6 Å². The molecule has 0 aromatic heterocycles. The number of sulfonamides is 1. The molecule has 2 aromatic carbocycles. The number of ether oxygens (including phenoxy) is 1. The lowest BCUT2D eigenvalue weighted by atomic mass is 10.00. The van der Waals surface area contributed by atoms with Crippen LogP contribution in [0.2, 0.25) is 0 Å². The molecule has 0 aliphatic carbocycles. The fourth-order valence-corrected chi connectivity index (χ4v) is 3.37. The monoisotopic (exact) mass is 377 g/mol. The van der Waals surface area contributed by atoms with Crippen molar-refractivity contribution in [2.75, 3.05) is 7.05 Å². The Balaban J connectivity index is 2.59. The van der Waals surface area contributed by atoms with Crippen LogP contribution in [0.1, 0.15) is 42.1 Å². The highest BCUT2D eigenvalue weighted by atomic mass is 32.2. The van der Waals surface area contributed by atoms with E-state index in [1.54, 1.807) is 24.3 Å². The van der Waals surface area contributed by atoms with Gasteiger partial charge in [0.15, 0.2) is 0 Å². The first kappa shape index (κ1) is 19.9. The number of carboxylic acid groups (broad SMARTS) is 1. The minimum Gasteiger partial charge on any atom is -0.478 e. The molecule has 0 aliphatic heterocycles. The third kappa shape index (κ3) is 4.83. The second-order valence-electron chi connectivity index (χ2n) is 5.83. The molecule has 140 valence electrons. The molecular weight excluding hydrogens is 354 g/mol. The van der Waals surface area contributed by atoms with Crippen molar-refractivity contribution in [3.63, 3.8) is 0 Å². The highest BCUT2D eigenvalue weighted by Gasteiger charge is 2.22. The van der Waals surface area contributed by atoms with Crippen molar-refractivity contribution >= 4 is 16.0 Å². The lowest BCUT2D eigenvalue weighted by molar-refractivity contribution is 0.0695. The molecule has 26 heavy (non-hydrogen) atoms. The van der Waals surface area contributed by atoms with Crippen molar-refractivity contribution in [2.45, 2.75) is 37.5 Å². The molecule has 0 amide bonds. The number of para-hydroxylation sites is 1. The van der Waals surface area contributed by atoms with Crippen molar-refractivity contribution in [2.24, 2.45) is 0 Å². The van der Waals surface area contributed by atoms with E-state index in [0.717, 1.165) is 19.3 Å². The van der Waals surface area contributed by atoms with Crippen molar-refractivity contribution in [1.29, 1.82) is 0 Å². The number of rotatable bonds is 9. The molecule has 0 fully saturated rings. The van der Waals surface area contributed by atoms with Crippen molar-refractivity contribution in [1.82, 2.24) is 4.72 Å². The first-order chi connectivity index (χ1) is 12.4. The molecule has 0 saturated carbocycles. The smallest absolute Gasteiger partial charge is 0.336 e. The fraction of sp³-hybridized carbons (Fsp3) is 0.316. The van der Waals surface area contributed by atoms with Crippen molar-refractivity contribution < 1.29 is 23.1 Å². The summed E-state index contributed by atoms with van der Waals surface area (Å²) in [6.45, 7) is 2.06. The van der Waals surface area contributed by atoms with Gasteiger partial charge in [-0.2, -0.15) is 0 Å². The number of nitrogens with one attached hydrogen (secondary N) is 1. The predicted octanol–water partition coefficient (Wildman–Crippen LogP) is 3.82. The maximum atomic E-state index is 12.2. The summed E-state index contributed by atoms with van der Waals surface area (Å²) in [4.78, 5) is 11.6. The van der Waals surface area contributed by atoms with E-state index in [-0.39, 0.29) is 16.2 Å². The van der Waals surface area contributed by atoms with E-state index in [2.05, 4.69) is 11.6 Å². The van der Waals surface area contributed by atoms with Crippen LogP contribution in [0.15, 0.2) is 47.4 Å². The summed E-state index contributed by atoms with van der Waals surface area (Å²) in [6.07, 6.45) is 3.22. The zero-order valence-corrected chi connectivity index (χ0v) is 15.7. The number of hydrogen-bond acceptors (Lipinski definition) is 4. The largest absolute Gasteiger partial charge is 0.478 e. The van der Waals surface area contributed by atoms with Gasteiger partial charge in [-0.3, -0.25) is 0 Å². The minimum atomic E-state index is -3.80. The number of benzene rings is 2. The molecule has 0 saturated heterocycles. The first-order valence-electron chi connectivity index (χ1n) is 8.45. The molecule has 7 heteroatoms. The Labute approximate surface area is 153 Å². The number of unbranched alkanes of at least 4 members (excludes halogenated alkanes) is 2. The maximum absolute atomic E-state index is 12.2. The zero-order valence-electron chi connectivity index (χ0n) is 14.9. The number of aromatic carboxylic acids is 1. The molecule has 0 aliphatic rings. The van der Waals surface area contributed by atoms with Gasteiger partial charge in [-0.05, 0) is 38.1 Å². The summed E-state index contributed by atoms with van der Waals surface area (Å²) >= 11 is 0. The zero-order chi connectivity index (χ0) is 19.2. The Bertz CT molecular complexity index is 863. The molecule has 6 nitrogen and oxygen atoms in total. The maximum Gasteiger partial charge on any atom is 0.336 e. The van der Waals surface area contributed by atoms with Crippen LogP contribution in [-0.4, -0.2) is 26.5 Å². The van der Waals surface area contributed by atoms with E-state index in [0.29, 0.717) is 17.7 Å². The van der Waals surface area contributed by atoms with Gasteiger partial charge >= 0.3 is 5.97 Å². The Hall–Kier alpha value is -2.38. The third-order valence-corrected chi connectivity index (χ3v) is 5.39. The van der Waals surface area contributed by atoms with Crippen LogP contribution in [0, 0.1) is 0 Å². The SMILES string of the molecule is CCCCCc1c(Oc2ccccc2)cc(S(=O)(=O)NC)cc1C(=O)O. The van der Waals surface area contributed by atoms with Crippen LogP contribution in [0.25, 0.3) is 0 Å². The molecule has 0 radical (unpaired) electrons. The topological polar surface area (TPSA) is 92.7 Å². The Morgan fingerprint density at radius 3 is 2.42 bits per heavy atom.